The van der Waals surface area contributed by atoms with Gasteiger partial charge in [-0.25, -0.2) is 0 Å². The number of aromatic nitrogens is 1. The third-order valence-corrected chi connectivity index (χ3v) is 7.16. The number of benzene rings is 1. The summed E-state index contributed by atoms with van der Waals surface area (Å²) >= 11 is 0. The van der Waals surface area contributed by atoms with Gasteiger partial charge in [0.2, 0.25) is 5.91 Å². The molecule has 1 aromatic heterocycles. The summed E-state index contributed by atoms with van der Waals surface area (Å²) in [6.45, 7) is 3.74. The van der Waals surface area contributed by atoms with Gasteiger partial charge in [-0.15, -0.1) is 0 Å². The molecule has 0 spiro atoms. The number of hydrogen-bond acceptors (Lipinski definition) is 3. The van der Waals surface area contributed by atoms with Crippen LogP contribution in [0.1, 0.15) is 85.3 Å². The van der Waals surface area contributed by atoms with Gasteiger partial charge < -0.3 is 10.2 Å². The Bertz CT molecular complexity index is 906. The molecule has 2 aliphatic rings. The first-order valence-electron chi connectivity index (χ1n) is 12.7. The molecule has 33 heavy (non-hydrogen) atoms. The standard InChI is InChI=1S/C28H37N3O2/c1-21-13-15-22(16-14-21)24-20-23(24)10-4-2-5-12-26(28(33)31-18-8-3-9-19-31)30-27(32)25-11-6-7-17-29-25/h6-7,11,13-17,23-24,26H,2-5,8-10,12,18-20H2,1H3,(H,30,32)/t23-,24+,26+/m1/s1. The fourth-order valence-electron chi connectivity index (χ4n) is 5.04. The molecule has 0 bridgehead atoms. The molecule has 176 valence electrons. The predicted molar refractivity (Wildman–Crippen MR) is 131 cm³/mol. The van der Waals surface area contributed by atoms with Crippen LogP contribution in [0.25, 0.3) is 0 Å². The molecule has 2 aromatic rings. The minimum Gasteiger partial charge on any atom is -0.341 e. The minimum atomic E-state index is -0.459. The predicted octanol–water partition coefficient (Wildman–Crippen LogP) is 5.26. The zero-order valence-electron chi connectivity index (χ0n) is 19.8. The fourth-order valence-corrected chi connectivity index (χ4v) is 5.04. The molecule has 1 N–H and O–H groups in total. The Hall–Kier alpha value is -2.69. The van der Waals surface area contributed by atoms with Gasteiger partial charge in [0, 0.05) is 19.3 Å². The summed E-state index contributed by atoms with van der Waals surface area (Å²) in [5, 5.41) is 2.98. The van der Waals surface area contributed by atoms with Crippen LogP contribution in [0.2, 0.25) is 0 Å². The smallest absolute Gasteiger partial charge is 0.270 e. The lowest BCUT2D eigenvalue weighted by Crippen LogP contribution is -2.50. The highest BCUT2D eigenvalue weighted by Crippen LogP contribution is 2.50. The van der Waals surface area contributed by atoms with E-state index < -0.39 is 6.04 Å². The van der Waals surface area contributed by atoms with Crippen LogP contribution >= 0.6 is 0 Å². The van der Waals surface area contributed by atoms with Gasteiger partial charge in [0.25, 0.3) is 5.91 Å². The van der Waals surface area contributed by atoms with Crippen molar-refractivity contribution in [3.8, 4) is 0 Å². The van der Waals surface area contributed by atoms with E-state index in [-0.39, 0.29) is 11.8 Å². The van der Waals surface area contributed by atoms with Crippen LogP contribution < -0.4 is 5.32 Å². The van der Waals surface area contributed by atoms with Gasteiger partial charge in [0.1, 0.15) is 11.7 Å². The van der Waals surface area contributed by atoms with Gasteiger partial charge in [-0.2, -0.15) is 0 Å². The van der Waals surface area contributed by atoms with E-state index in [0.29, 0.717) is 12.1 Å². The first kappa shape index (κ1) is 23.5. The van der Waals surface area contributed by atoms with Crippen LogP contribution in [0.5, 0.6) is 0 Å². The second kappa shape index (κ2) is 11.4. The Morgan fingerprint density at radius 2 is 1.82 bits per heavy atom. The number of nitrogens with zero attached hydrogens (tertiary/aromatic N) is 2. The summed E-state index contributed by atoms with van der Waals surface area (Å²) in [4.78, 5) is 31.9. The van der Waals surface area contributed by atoms with Gasteiger partial charge >= 0.3 is 0 Å². The Labute approximate surface area is 198 Å². The summed E-state index contributed by atoms with van der Waals surface area (Å²) in [5.74, 6) is 1.35. The van der Waals surface area contributed by atoms with E-state index in [4.69, 9.17) is 0 Å². The summed E-state index contributed by atoms with van der Waals surface area (Å²) in [6, 6.07) is 13.8. The number of hydrogen-bond donors (Lipinski definition) is 1. The van der Waals surface area contributed by atoms with E-state index in [9.17, 15) is 9.59 Å². The van der Waals surface area contributed by atoms with Crippen LogP contribution in [-0.4, -0.2) is 40.8 Å². The highest BCUT2D eigenvalue weighted by molar-refractivity contribution is 5.96. The SMILES string of the molecule is Cc1ccc([C@@H]2C[C@H]2CCCCC[C@H](NC(=O)c2ccccn2)C(=O)N2CCCCC2)cc1. The number of pyridine rings is 1. The van der Waals surface area contributed by atoms with Crippen LogP contribution in [-0.2, 0) is 4.79 Å². The molecule has 1 saturated heterocycles. The summed E-state index contributed by atoms with van der Waals surface area (Å²) in [7, 11) is 0. The van der Waals surface area contributed by atoms with Gasteiger partial charge in [-0.3, -0.25) is 14.6 Å². The molecule has 2 heterocycles. The molecule has 0 unspecified atom stereocenters. The van der Waals surface area contributed by atoms with Crippen molar-refractivity contribution in [2.45, 2.75) is 76.7 Å². The average molecular weight is 448 g/mol. The molecule has 0 radical (unpaired) electrons. The number of piperidine rings is 1. The van der Waals surface area contributed by atoms with Crippen molar-refractivity contribution in [1.29, 1.82) is 0 Å². The van der Waals surface area contributed by atoms with E-state index in [0.717, 1.165) is 50.6 Å². The van der Waals surface area contributed by atoms with E-state index in [2.05, 4.69) is 41.5 Å². The van der Waals surface area contributed by atoms with Crippen molar-refractivity contribution >= 4 is 11.8 Å². The number of likely N-dealkylation sites (tertiary alicyclic amines) is 1. The number of carbonyl (C=O) groups is 2. The maximum absolute atomic E-state index is 13.2. The quantitative estimate of drug-likeness (QED) is 0.506. The van der Waals surface area contributed by atoms with Crippen molar-refractivity contribution < 1.29 is 9.59 Å². The normalized spacial score (nSPS) is 20.8. The number of nitrogens with one attached hydrogen (secondary N) is 1. The Morgan fingerprint density at radius 3 is 2.55 bits per heavy atom. The second-order valence-electron chi connectivity index (χ2n) is 9.78. The molecule has 5 heteroatoms. The van der Waals surface area contributed by atoms with E-state index in [1.807, 2.05) is 4.90 Å². The maximum atomic E-state index is 13.2. The van der Waals surface area contributed by atoms with Crippen LogP contribution in [0, 0.1) is 12.8 Å². The highest BCUT2D eigenvalue weighted by atomic mass is 16.2. The minimum absolute atomic E-state index is 0.0700. The number of carbonyl (C=O) groups excluding carboxylic acids is 2. The van der Waals surface area contributed by atoms with Crippen LogP contribution in [0.15, 0.2) is 48.7 Å². The lowest BCUT2D eigenvalue weighted by molar-refractivity contribution is -0.134. The maximum Gasteiger partial charge on any atom is 0.270 e. The Kier molecular flexibility index (Phi) is 8.14. The summed E-state index contributed by atoms with van der Waals surface area (Å²) in [6.07, 6.45) is 11.4. The van der Waals surface area contributed by atoms with E-state index >= 15 is 0 Å². The average Bonchev–Trinajstić information content (AvgIpc) is 3.63. The first-order valence-corrected chi connectivity index (χ1v) is 12.7. The second-order valence-corrected chi connectivity index (χ2v) is 9.78. The molecule has 1 aliphatic heterocycles. The summed E-state index contributed by atoms with van der Waals surface area (Å²) < 4.78 is 0. The monoisotopic (exact) mass is 447 g/mol. The van der Waals surface area contributed by atoms with Crippen LogP contribution in [0.4, 0.5) is 0 Å². The number of amides is 2. The lowest BCUT2D eigenvalue weighted by atomic mass is 10.0. The third-order valence-electron chi connectivity index (χ3n) is 7.16. The van der Waals surface area contributed by atoms with Crippen molar-refractivity contribution in [3.63, 3.8) is 0 Å². The number of aryl methyl sites for hydroxylation is 1. The largest absolute Gasteiger partial charge is 0.341 e. The first-order chi connectivity index (χ1) is 16.1. The Morgan fingerprint density at radius 1 is 1.03 bits per heavy atom. The van der Waals surface area contributed by atoms with Gasteiger partial charge in [-0.1, -0.05) is 55.2 Å². The van der Waals surface area contributed by atoms with Crippen molar-refractivity contribution in [2.75, 3.05) is 13.1 Å². The molecule has 1 aromatic carbocycles. The number of rotatable bonds is 10. The zero-order valence-corrected chi connectivity index (χ0v) is 19.8. The zero-order chi connectivity index (χ0) is 23.0. The topological polar surface area (TPSA) is 62.3 Å². The molecular formula is C28H37N3O2. The van der Waals surface area contributed by atoms with E-state index in [1.54, 1.807) is 24.4 Å². The molecule has 4 rings (SSSR count). The molecule has 5 nitrogen and oxygen atoms in total. The number of unbranched alkanes of at least 4 members (excludes halogenated alkanes) is 2. The summed E-state index contributed by atoms with van der Waals surface area (Å²) in [5.41, 5.74) is 3.17. The molecule has 1 aliphatic carbocycles. The van der Waals surface area contributed by atoms with Crippen LogP contribution in [0.3, 0.4) is 0 Å². The molecule has 2 fully saturated rings. The van der Waals surface area contributed by atoms with E-state index in [1.165, 1.54) is 36.8 Å². The highest BCUT2D eigenvalue weighted by Gasteiger charge is 2.37. The van der Waals surface area contributed by atoms with Crippen molar-refractivity contribution in [1.82, 2.24) is 15.2 Å². The lowest BCUT2D eigenvalue weighted by Gasteiger charge is -2.30. The molecule has 1 saturated carbocycles. The van der Waals surface area contributed by atoms with Crippen molar-refractivity contribution in [3.05, 3.63) is 65.5 Å². The van der Waals surface area contributed by atoms with Gasteiger partial charge in [0.05, 0.1) is 0 Å². The molecular weight excluding hydrogens is 410 g/mol. The molecule has 3 atom stereocenters. The van der Waals surface area contributed by atoms with Gasteiger partial charge in [-0.05, 0) is 75.0 Å². The molecule has 2 amide bonds. The van der Waals surface area contributed by atoms with Crippen molar-refractivity contribution in [2.24, 2.45) is 5.92 Å². The fraction of sp³-hybridized carbons (Fsp3) is 0.536. The van der Waals surface area contributed by atoms with Gasteiger partial charge in [0.15, 0.2) is 0 Å². The third kappa shape index (κ3) is 6.66. The Balaban J connectivity index is 1.24.